The van der Waals surface area contributed by atoms with Crippen LogP contribution in [0.5, 0.6) is 0 Å². The van der Waals surface area contributed by atoms with Crippen molar-refractivity contribution in [1.29, 1.82) is 10.7 Å². The molecule has 1 aromatic rings. The maximum atomic E-state index is 8.76. The number of anilines is 1. The van der Waals surface area contributed by atoms with E-state index >= 15 is 0 Å². The summed E-state index contributed by atoms with van der Waals surface area (Å²) in [6.45, 7) is 0. The topological polar surface area (TPSA) is 90.6 Å². The maximum Gasteiger partial charge on any atom is 0.127 e. The molecule has 5 nitrogen and oxygen atoms in total. The van der Waals surface area contributed by atoms with Crippen LogP contribution < -0.4 is 11.1 Å². The summed E-state index contributed by atoms with van der Waals surface area (Å²) in [7, 11) is 3.52. The van der Waals surface area contributed by atoms with Crippen molar-refractivity contribution in [1.82, 2.24) is 4.57 Å². The van der Waals surface area contributed by atoms with E-state index in [1.807, 2.05) is 6.07 Å². The molecule has 0 aliphatic rings. The maximum absolute atomic E-state index is 8.76. The minimum atomic E-state index is -0.0958. The van der Waals surface area contributed by atoms with Gasteiger partial charge >= 0.3 is 0 Å². The number of nitrogens with two attached hydrogens (primary N) is 1. The fraction of sp³-hybridized carbons (Fsp3) is 0.250. The first-order valence-corrected chi connectivity index (χ1v) is 3.73. The second-order valence-electron chi connectivity index (χ2n) is 2.65. The molecule has 0 spiro atoms. The zero-order chi connectivity index (χ0) is 10.0. The highest BCUT2D eigenvalue weighted by Gasteiger charge is 2.14. The van der Waals surface area contributed by atoms with Crippen molar-refractivity contribution >= 4 is 11.7 Å². The quantitative estimate of drug-likeness (QED) is 0.446. The minimum Gasteiger partial charge on any atom is -0.384 e. The molecule has 13 heavy (non-hydrogen) atoms. The van der Waals surface area contributed by atoms with Gasteiger partial charge in [0, 0.05) is 20.3 Å². The number of nitrogen functional groups attached to an aromatic ring is 1. The number of nitrogens with one attached hydrogen (secondary N) is 2. The zero-order valence-corrected chi connectivity index (χ0v) is 7.55. The molecule has 0 aliphatic carbocycles. The summed E-state index contributed by atoms with van der Waals surface area (Å²) in [5.41, 5.74) is 6.24. The Kier molecular flexibility index (Phi) is 2.24. The Morgan fingerprint density at radius 1 is 1.77 bits per heavy atom. The molecule has 1 rings (SSSR count). The van der Waals surface area contributed by atoms with Gasteiger partial charge in [-0.15, -0.1) is 0 Å². The predicted octanol–water partition coefficient (Wildman–Crippen LogP) is 0.223. The summed E-state index contributed by atoms with van der Waals surface area (Å²) in [5.74, 6) is 0.588. The van der Waals surface area contributed by atoms with Gasteiger partial charge in [0.15, 0.2) is 0 Å². The Labute approximate surface area is 76.3 Å². The van der Waals surface area contributed by atoms with E-state index in [0.717, 1.165) is 0 Å². The molecular weight excluding hydrogens is 166 g/mol. The summed E-state index contributed by atoms with van der Waals surface area (Å²) in [6.07, 6.45) is 1.64. The van der Waals surface area contributed by atoms with Gasteiger partial charge in [0.05, 0.1) is 11.1 Å². The average Bonchev–Trinajstić information content (AvgIpc) is 2.41. The van der Waals surface area contributed by atoms with E-state index in [4.69, 9.17) is 16.4 Å². The standard InChI is InChI=1S/C8H11N5/c1-12-8-6(7(10)11)5(3-9)4-13(8)2/h4,12H,1-2H3,(H3,10,11). The third-order valence-electron chi connectivity index (χ3n) is 1.81. The zero-order valence-electron chi connectivity index (χ0n) is 7.55. The van der Waals surface area contributed by atoms with Crippen molar-refractivity contribution in [2.24, 2.45) is 12.8 Å². The molecule has 0 saturated heterocycles. The normalized spacial score (nSPS) is 9.31. The molecule has 0 aliphatic heterocycles. The summed E-state index contributed by atoms with van der Waals surface area (Å²) in [5, 5.41) is 19.0. The van der Waals surface area contributed by atoms with Gasteiger partial charge in [-0.25, -0.2) is 0 Å². The van der Waals surface area contributed by atoms with Gasteiger partial charge in [0.25, 0.3) is 0 Å². The molecule has 0 aromatic carbocycles. The van der Waals surface area contributed by atoms with Crippen LogP contribution in [0.4, 0.5) is 5.82 Å². The lowest BCUT2D eigenvalue weighted by Gasteiger charge is -2.04. The average molecular weight is 177 g/mol. The van der Waals surface area contributed by atoms with E-state index in [9.17, 15) is 0 Å². The summed E-state index contributed by atoms with van der Waals surface area (Å²) < 4.78 is 1.73. The van der Waals surface area contributed by atoms with E-state index in [0.29, 0.717) is 16.9 Å². The van der Waals surface area contributed by atoms with Gasteiger partial charge in [-0.05, 0) is 0 Å². The number of hydrogen-bond donors (Lipinski definition) is 3. The molecule has 0 amide bonds. The van der Waals surface area contributed by atoms with Crippen LogP contribution in [0.1, 0.15) is 11.1 Å². The molecule has 0 atom stereocenters. The fourth-order valence-corrected chi connectivity index (χ4v) is 1.29. The fourth-order valence-electron chi connectivity index (χ4n) is 1.29. The van der Waals surface area contributed by atoms with Crippen molar-refractivity contribution in [3.63, 3.8) is 0 Å². The molecule has 0 bridgehead atoms. The number of amidine groups is 1. The van der Waals surface area contributed by atoms with E-state index in [1.165, 1.54) is 0 Å². The predicted molar refractivity (Wildman–Crippen MR) is 50.7 cm³/mol. The Balaban J connectivity index is 3.43. The summed E-state index contributed by atoms with van der Waals surface area (Å²) in [4.78, 5) is 0. The Morgan fingerprint density at radius 2 is 2.38 bits per heavy atom. The van der Waals surface area contributed by atoms with Gasteiger partial charge in [0.2, 0.25) is 0 Å². The molecule has 68 valence electrons. The molecule has 1 heterocycles. The van der Waals surface area contributed by atoms with Crippen LogP contribution in [-0.2, 0) is 7.05 Å². The van der Waals surface area contributed by atoms with Gasteiger partial charge in [-0.3, -0.25) is 5.41 Å². The highest BCUT2D eigenvalue weighted by Crippen LogP contribution is 2.19. The van der Waals surface area contributed by atoms with Crippen molar-refractivity contribution in [2.45, 2.75) is 0 Å². The SMILES string of the molecule is CNc1c(C(=N)N)c(C#N)cn1C. The Bertz CT molecular complexity index is 382. The van der Waals surface area contributed by atoms with Gasteiger partial charge in [0.1, 0.15) is 17.7 Å². The van der Waals surface area contributed by atoms with Gasteiger partial charge in [-0.1, -0.05) is 0 Å². The molecule has 4 N–H and O–H groups in total. The highest BCUT2D eigenvalue weighted by molar-refractivity contribution is 6.02. The third kappa shape index (κ3) is 1.34. The second kappa shape index (κ2) is 3.19. The lowest BCUT2D eigenvalue weighted by molar-refractivity contribution is 0.930. The number of aromatic nitrogens is 1. The molecule has 0 unspecified atom stereocenters. The number of nitriles is 1. The lowest BCUT2D eigenvalue weighted by atomic mass is 10.2. The Morgan fingerprint density at radius 3 is 2.77 bits per heavy atom. The van der Waals surface area contributed by atoms with Crippen molar-refractivity contribution in [3.05, 3.63) is 17.3 Å². The van der Waals surface area contributed by atoms with Crippen LogP contribution in [0.25, 0.3) is 0 Å². The monoisotopic (exact) mass is 177 g/mol. The first-order chi connectivity index (χ1) is 6.11. The molecule has 0 radical (unpaired) electrons. The molecular formula is C8H11N5. The van der Waals surface area contributed by atoms with Gasteiger partial charge in [-0.2, -0.15) is 5.26 Å². The molecule has 0 fully saturated rings. The lowest BCUT2D eigenvalue weighted by Crippen LogP contribution is -2.14. The number of nitrogens with zero attached hydrogens (tertiary/aromatic N) is 2. The van der Waals surface area contributed by atoms with Crippen molar-refractivity contribution in [3.8, 4) is 6.07 Å². The van der Waals surface area contributed by atoms with Crippen LogP contribution in [0.15, 0.2) is 6.20 Å². The van der Waals surface area contributed by atoms with Crippen LogP contribution in [0.2, 0.25) is 0 Å². The van der Waals surface area contributed by atoms with Crippen molar-refractivity contribution in [2.75, 3.05) is 12.4 Å². The highest BCUT2D eigenvalue weighted by atomic mass is 15.1. The van der Waals surface area contributed by atoms with E-state index < -0.39 is 0 Å². The first kappa shape index (κ1) is 9.13. The smallest absolute Gasteiger partial charge is 0.127 e. The largest absolute Gasteiger partial charge is 0.384 e. The van der Waals surface area contributed by atoms with Crippen molar-refractivity contribution < 1.29 is 0 Å². The minimum absolute atomic E-state index is 0.0958. The van der Waals surface area contributed by atoms with E-state index in [-0.39, 0.29) is 5.84 Å². The van der Waals surface area contributed by atoms with Crippen LogP contribution in [0, 0.1) is 16.7 Å². The molecule has 5 heteroatoms. The van der Waals surface area contributed by atoms with E-state index in [2.05, 4.69) is 5.32 Å². The number of hydrogen-bond acceptors (Lipinski definition) is 3. The molecule has 0 saturated carbocycles. The number of aryl methyl sites for hydroxylation is 1. The summed E-state index contributed by atoms with van der Waals surface area (Å²) >= 11 is 0. The number of rotatable bonds is 2. The first-order valence-electron chi connectivity index (χ1n) is 3.73. The van der Waals surface area contributed by atoms with Crippen LogP contribution in [0.3, 0.4) is 0 Å². The molecule has 1 aromatic heterocycles. The van der Waals surface area contributed by atoms with Gasteiger partial charge < -0.3 is 15.6 Å². The van der Waals surface area contributed by atoms with Crippen LogP contribution in [-0.4, -0.2) is 17.5 Å². The third-order valence-corrected chi connectivity index (χ3v) is 1.81. The second-order valence-corrected chi connectivity index (χ2v) is 2.65. The van der Waals surface area contributed by atoms with Crippen LogP contribution >= 0.6 is 0 Å². The summed E-state index contributed by atoms with van der Waals surface area (Å²) in [6, 6.07) is 1.99. The Hall–Kier alpha value is -1.96. The van der Waals surface area contributed by atoms with E-state index in [1.54, 1.807) is 24.9 Å².